The van der Waals surface area contributed by atoms with E-state index >= 15 is 0 Å². The first kappa shape index (κ1) is 9.56. The summed E-state index contributed by atoms with van der Waals surface area (Å²) in [7, 11) is 0. The molecule has 0 aliphatic carbocycles. The van der Waals surface area contributed by atoms with Crippen LogP contribution in [0.3, 0.4) is 0 Å². The fourth-order valence-electron chi connectivity index (χ4n) is 0. The molecule has 0 aromatic carbocycles. The van der Waals surface area contributed by atoms with E-state index in [-0.39, 0.29) is 40.6 Å². The van der Waals surface area contributed by atoms with Crippen LogP contribution < -0.4 is 0 Å². The van der Waals surface area contributed by atoms with Gasteiger partial charge in [0.05, 0.1) is 0 Å². The maximum Gasteiger partial charge on any atom is 2.00 e. The van der Waals surface area contributed by atoms with Gasteiger partial charge in [0.1, 0.15) is 0 Å². The van der Waals surface area contributed by atoms with Gasteiger partial charge in [-0.25, -0.2) is 4.79 Å². The number of carboxylic acid groups (broad SMARTS) is 1. The molecular weight excluding hydrogens is 108 g/mol. The van der Waals surface area contributed by atoms with E-state index in [4.69, 9.17) is 9.90 Å². The molecule has 0 unspecified atom stereocenters. The second kappa shape index (κ2) is 5.29. The molecule has 0 spiro atoms. The Morgan fingerprint density at radius 3 is 2.17 bits per heavy atom. The predicted octanol–water partition coefficient (Wildman–Crippen LogP) is -0.452. The van der Waals surface area contributed by atoms with Crippen LogP contribution in [0.5, 0.6) is 0 Å². The Labute approximate surface area is 68.5 Å². The summed E-state index contributed by atoms with van der Waals surface area (Å²) in [5.41, 5.74) is 0. The molecule has 2 nitrogen and oxygen atoms in total. The van der Waals surface area contributed by atoms with Gasteiger partial charge in [0.25, 0.3) is 0 Å². The van der Waals surface area contributed by atoms with E-state index in [9.17, 15) is 0 Å². The molecule has 0 atom stereocenters. The number of rotatable bonds is 0. The van der Waals surface area contributed by atoms with E-state index in [1.165, 1.54) is 5.92 Å². The summed E-state index contributed by atoms with van der Waals surface area (Å²) in [6.07, 6.45) is 4.32. The maximum atomic E-state index is 9.13. The second-order valence-corrected chi connectivity index (χ2v) is 0.449. The zero-order valence-corrected chi connectivity index (χ0v) is 5.35. The van der Waals surface area contributed by atoms with Crippen LogP contribution in [-0.2, 0) is 4.79 Å². The normalized spacial score (nSPS) is 4.50. The predicted molar refractivity (Wildman–Crippen MR) is 24.4 cm³/mol. The molecule has 1 N–H and O–H groups in total. The largest absolute Gasteiger partial charge is 2.00 e. The Morgan fingerprint density at radius 1 is 2.00 bits per heavy atom. The molecule has 0 rings (SSSR count). The van der Waals surface area contributed by atoms with Crippen LogP contribution >= 0.6 is 0 Å². The van der Waals surface area contributed by atoms with Gasteiger partial charge < -0.3 is 7.96 Å². The van der Waals surface area contributed by atoms with Crippen molar-refractivity contribution in [1.29, 1.82) is 0 Å². The van der Waals surface area contributed by atoms with Crippen molar-refractivity contribution in [2.75, 3.05) is 0 Å². The smallest absolute Gasteiger partial charge is 1.00 e. The Balaban J connectivity index is -0.0000000267. The van der Waals surface area contributed by atoms with E-state index in [0.29, 0.717) is 0 Å². The number of carbonyl (C=O) groups is 1. The molecule has 0 aliphatic rings. The third kappa shape index (κ3) is 8.85. The molecule has 0 saturated carbocycles. The molecule has 0 fully saturated rings. The first-order chi connectivity index (χ1) is 2.27. The third-order valence-corrected chi connectivity index (χ3v) is 0.123. The quantitative estimate of drug-likeness (QED) is 0.340. The van der Waals surface area contributed by atoms with Gasteiger partial charge in [-0.3, -0.25) is 0 Å². The van der Waals surface area contributed by atoms with E-state index in [1.807, 2.05) is 0 Å². The fraction of sp³-hybridized carbons (Fsp3) is 0. The van der Waals surface area contributed by atoms with Crippen LogP contribution in [0.25, 0.3) is 0 Å². The summed E-state index contributed by atoms with van der Waals surface area (Å²) in [5, 5.41) is 7.49. The van der Waals surface area contributed by atoms with Crippen molar-refractivity contribution in [2.24, 2.45) is 0 Å². The van der Waals surface area contributed by atoms with Crippen molar-refractivity contribution in [1.82, 2.24) is 0 Å². The monoisotopic (exact) mass is 112 g/mol. The van der Waals surface area contributed by atoms with Crippen LogP contribution in [0.2, 0.25) is 0 Å². The van der Waals surface area contributed by atoms with Crippen molar-refractivity contribution in [2.45, 2.75) is 0 Å². The number of hydrogen-bond donors (Lipinski definition) is 1. The van der Waals surface area contributed by atoms with Crippen LogP contribution in [0.1, 0.15) is 2.85 Å². The Kier molecular flexibility index (Phi) is 8.43. The SMILES string of the molecule is C#CC(=O)O.[Ca+2].[H-].[H-]. The van der Waals surface area contributed by atoms with Gasteiger partial charge in [0.15, 0.2) is 0 Å². The van der Waals surface area contributed by atoms with Crippen LogP contribution in [0.15, 0.2) is 0 Å². The molecule has 0 radical (unpaired) electrons. The van der Waals surface area contributed by atoms with Gasteiger partial charge in [-0.05, 0) is 0 Å². The van der Waals surface area contributed by atoms with Crippen molar-refractivity contribution in [3.63, 3.8) is 0 Å². The molecule has 30 valence electrons. The van der Waals surface area contributed by atoms with Crippen molar-refractivity contribution >= 4 is 43.7 Å². The summed E-state index contributed by atoms with van der Waals surface area (Å²) in [4.78, 5) is 9.13. The number of carboxylic acids is 1. The van der Waals surface area contributed by atoms with Crippen molar-refractivity contribution in [3.8, 4) is 12.3 Å². The van der Waals surface area contributed by atoms with Crippen molar-refractivity contribution < 1.29 is 12.8 Å². The number of terminal acetylenes is 1. The van der Waals surface area contributed by atoms with Gasteiger partial charge in [-0.15, -0.1) is 6.42 Å². The molecule has 0 saturated heterocycles. The minimum absolute atomic E-state index is 0. The first-order valence-electron chi connectivity index (χ1n) is 0.966. The first-order valence-corrected chi connectivity index (χ1v) is 0.966. The minimum Gasteiger partial charge on any atom is -1.00 e. The number of aliphatic carboxylic acids is 1. The summed E-state index contributed by atoms with van der Waals surface area (Å²) in [5.74, 6) is 0.227. The topological polar surface area (TPSA) is 37.3 Å². The van der Waals surface area contributed by atoms with Gasteiger partial charge in [-0.2, -0.15) is 0 Å². The molecule has 0 aromatic rings. The molecule has 0 heterocycles. The van der Waals surface area contributed by atoms with E-state index in [2.05, 4.69) is 6.42 Å². The van der Waals surface area contributed by atoms with Gasteiger partial charge in [0, 0.05) is 5.92 Å². The minimum atomic E-state index is -1.22. The summed E-state index contributed by atoms with van der Waals surface area (Å²) < 4.78 is 0. The van der Waals surface area contributed by atoms with Crippen LogP contribution in [0, 0.1) is 12.3 Å². The summed E-state index contributed by atoms with van der Waals surface area (Å²) in [6.45, 7) is 0. The molecule has 0 bridgehead atoms. The van der Waals surface area contributed by atoms with E-state index < -0.39 is 5.97 Å². The zero-order chi connectivity index (χ0) is 4.28. The molecular formula is C3H4CaO2. The van der Waals surface area contributed by atoms with Gasteiger partial charge >= 0.3 is 43.7 Å². The second-order valence-electron chi connectivity index (χ2n) is 0.449. The number of hydrogen-bond acceptors (Lipinski definition) is 1. The van der Waals surface area contributed by atoms with Crippen LogP contribution in [-0.4, -0.2) is 48.8 Å². The third-order valence-electron chi connectivity index (χ3n) is 0.123. The Bertz CT molecular complexity index is 87.8. The summed E-state index contributed by atoms with van der Waals surface area (Å²) in [6, 6.07) is 0. The molecule has 3 heteroatoms. The zero-order valence-electron chi connectivity index (χ0n) is 5.14. The summed E-state index contributed by atoms with van der Waals surface area (Å²) >= 11 is 0. The molecule has 0 amide bonds. The Morgan fingerprint density at radius 2 is 2.17 bits per heavy atom. The van der Waals surface area contributed by atoms with E-state index in [0.717, 1.165) is 0 Å². The average molecular weight is 112 g/mol. The molecule has 0 aromatic heterocycles. The van der Waals surface area contributed by atoms with Gasteiger partial charge in [-0.1, -0.05) is 0 Å². The van der Waals surface area contributed by atoms with Crippen molar-refractivity contribution in [3.05, 3.63) is 0 Å². The maximum absolute atomic E-state index is 9.13. The molecule has 0 aliphatic heterocycles. The van der Waals surface area contributed by atoms with Crippen LogP contribution in [0.4, 0.5) is 0 Å². The standard InChI is InChI=1S/C3H2O2.Ca.2H/c1-2-3(4)5;;;/h1H,(H,4,5);;;/q;+2;2*-1. The van der Waals surface area contributed by atoms with Gasteiger partial charge in [0.2, 0.25) is 0 Å². The Hall–Kier alpha value is 0.290. The average Bonchev–Trinajstić information content (AvgIpc) is 1.38. The fourth-order valence-corrected chi connectivity index (χ4v) is 0. The van der Waals surface area contributed by atoms with E-state index in [1.54, 1.807) is 0 Å². The molecule has 6 heavy (non-hydrogen) atoms.